The van der Waals surface area contributed by atoms with E-state index in [-0.39, 0.29) is 11.8 Å². The summed E-state index contributed by atoms with van der Waals surface area (Å²) in [6, 6.07) is 0. The number of allylic oxidation sites excluding steroid dienone is 2. The topological polar surface area (TPSA) is 37.3 Å². The number of hydrogen-bond acceptors (Lipinski definition) is 1. The van der Waals surface area contributed by atoms with Gasteiger partial charge in [0, 0.05) is 0 Å². The molecule has 0 aromatic carbocycles. The maximum atomic E-state index is 10.6. The van der Waals surface area contributed by atoms with Crippen molar-refractivity contribution in [2.45, 2.75) is 33.6 Å². The van der Waals surface area contributed by atoms with Crippen LogP contribution >= 0.6 is 0 Å². The van der Waals surface area contributed by atoms with Gasteiger partial charge in [-0.3, -0.25) is 4.79 Å². The van der Waals surface area contributed by atoms with Gasteiger partial charge in [-0.15, -0.1) is 0 Å². The van der Waals surface area contributed by atoms with Crippen LogP contribution in [0.15, 0.2) is 12.2 Å². The molecule has 2 atom stereocenters. The van der Waals surface area contributed by atoms with Gasteiger partial charge < -0.3 is 5.11 Å². The molecule has 0 heterocycles. The Labute approximate surface area is 74.3 Å². The Bertz CT molecular complexity index is 161. The van der Waals surface area contributed by atoms with Gasteiger partial charge in [0.2, 0.25) is 0 Å². The molecule has 0 spiro atoms. The first-order valence-electron chi connectivity index (χ1n) is 4.43. The normalized spacial score (nSPS) is 16.2. The van der Waals surface area contributed by atoms with Crippen molar-refractivity contribution in [2.24, 2.45) is 11.8 Å². The lowest BCUT2D eigenvalue weighted by molar-refractivity contribution is -0.142. The molecule has 0 radical (unpaired) electrons. The molecule has 2 heteroatoms. The minimum Gasteiger partial charge on any atom is -0.481 e. The Morgan fingerprint density at radius 2 is 2.08 bits per heavy atom. The summed E-state index contributed by atoms with van der Waals surface area (Å²) in [5, 5.41) is 8.69. The van der Waals surface area contributed by atoms with Gasteiger partial charge in [-0.05, 0) is 25.7 Å². The fourth-order valence-electron chi connectivity index (χ4n) is 1.02. The van der Waals surface area contributed by atoms with Crippen LogP contribution in [-0.2, 0) is 4.79 Å². The third-order valence-corrected chi connectivity index (χ3v) is 2.27. The van der Waals surface area contributed by atoms with Crippen LogP contribution in [-0.4, -0.2) is 11.1 Å². The highest BCUT2D eigenvalue weighted by Crippen LogP contribution is 2.16. The molecule has 0 rings (SSSR count). The summed E-state index contributed by atoms with van der Waals surface area (Å²) >= 11 is 0. The van der Waals surface area contributed by atoms with Crippen molar-refractivity contribution in [1.29, 1.82) is 0 Å². The predicted molar refractivity (Wildman–Crippen MR) is 50.0 cm³/mol. The van der Waals surface area contributed by atoms with E-state index >= 15 is 0 Å². The Kier molecular flexibility index (Phi) is 5.43. The average molecular weight is 170 g/mol. The van der Waals surface area contributed by atoms with Crippen molar-refractivity contribution in [2.75, 3.05) is 0 Å². The van der Waals surface area contributed by atoms with Gasteiger partial charge in [0.15, 0.2) is 0 Å². The van der Waals surface area contributed by atoms with Crippen molar-refractivity contribution in [3.8, 4) is 0 Å². The molecule has 0 aliphatic carbocycles. The van der Waals surface area contributed by atoms with E-state index in [1.54, 1.807) is 6.92 Å². The molecule has 0 aromatic heterocycles. The largest absolute Gasteiger partial charge is 0.481 e. The highest BCUT2D eigenvalue weighted by atomic mass is 16.4. The van der Waals surface area contributed by atoms with Gasteiger partial charge in [-0.1, -0.05) is 26.0 Å². The first-order valence-corrected chi connectivity index (χ1v) is 4.43. The van der Waals surface area contributed by atoms with Gasteiger partial charge in [0.1, 0.15) is 0 Å². The van der Waals surface area contributed by atoms with Crippen molar-refractivity contribution in [3.63, 3.8) is 0 Å². The number of carboxylic acids is 1. The molecule has 0 saturated carbocycles. The number of carboxylic acid groups (broad SMARTS) is 1. The molecular formula is C10H18O2. The molecule has 70 valence electrons. The van der Waals surface area contributed by atoms with E-state index in [0.29, 0.717) is 0 Å². The van der Waals surface area contributed by atoms with E-state index in [1.165, 1.54) is 0 Å². The summed E-state index contributed by atoms with van der Waals surface area (Å²) in [6.07, 6.45) is 6.01. The van der Waals surface area contributed by atoms with E-state index in [2.05, 4.69) is 6.08 Å². The van der Waals surface area contributed by atoms with Gasteiger partial charge in [0.25, 0.3) is 0 Å². The Balaban J connectivity index is 3.71. The molecule has 0 saturated heterocycles. The highest BCUT2D eigenvalue weighted by molar-refractivity contribution is 5.69. The number of carbonyl (C=O) groups is 1. The molecule has 0 amide bonds. The van der Waals surface area contributed by atoms with E-state index in [9.17, 15) is 4.79 Å². The monoisotopic (exact) mass is 170 g/mol. The smallest absolute Gasteiger partial charge is 0.306 e. The second-order valence-corrected chi connectivity index (χ2v) is 3.25. The number of hydrogen-bond donors (Lipinski definition) is 1. The summed E-state index contributed by atoms with van der Waals surface area (Å²) < 4.78 is 0. The quantitative estimate of drug-likeness (QED) is 0.644. The zero-order chi connectivity index (χ0) is 9.56. The SMILES string of the molecule is C/C=C/CCC(C)C(C)C(=O)O. The van der Waals surface area contributed by atoms with Crippen LogP contribution < -0.4 is 0 Å². The minimum atomic E-state index is -0.692. The fourth-order valence-corrected chi connectivity index (χ4v) is 1.02. The molecule has 1 N–H and O–H groups in total. The molecule has 0 aliphatic rings. The summed E-state index contributed by atoms with van der Waals surface area (Å²) in [5.74, 6) is -0.656. The van der Waals surface area contributed by atoms with E-state index < -0.39 is 5.97 Å². The molecule has 2 unspecified atom stereocenters. The molecule has 0 aliphatic heterocycles. The van der Waals surface area contributed by atoms with Gasteiger partial charge in [-0.25, -0.2) is 0 Å². The van der Waals surface area contributed by atoms with Crippen LogP contribution in [0.1, 0.15) is 33.6 Å². The lowest BCUT2D eigenvalue weighted by atomic mass is 9.92. The first kappa shape index (κ1) is 11.2. The summed E-state index contributed by atoms with van der Waals surface area (Å²) in [7, 11) is 0. The molecule has 0 fully saturated rings. The summed E-state index contributed by atoms with van der Waals surface area (Å²) in [6.45, 7) is 5.73. The van der Waals surface area contributed by atoms with Gasteiger partial charge >= 0.3 is 5.97 Å². The minimum absolute atomic E-state index is 0.227. The van der Waals surface area contributed by atoms with Crippen LogP contribution in [0.25, 0.3) is 0 Å². The summed E-state index contributed by atoms with van der Waals surface area (Å²) in [5.41, 5.74) is 0. The summed E-state index contributed by atoms with van der Waals surface area (Å²) in [4.78, 5) is 10.6. The lowest BCUT2D eigenvalue weighted by Crippen LogP contribution is -2.17. The molecule has 12 heavy (non-hydrogen) atoms. The second kappa shape index (κ2) is 5.81. The van der Waals surface area contributed by atoms with Crippen molar-refractivity contribution < 1.29 is 9.90 Å². The van der Waals surface area contributed by atoms with Gasteiger partial charge in [0.05, 0.1) is 5.92 Å². The van der Waals surface area contributed by atoms with Crippen molar-refractivity contribution in [3.05, 3.63) is 12.2 Å². The highest BCUT2D eigenvalue weighted by Gasteiger charge is 2.17. The van der Waals surface area contributed by atoms with Crippen LogP contribution in [0.2, 0.25) is 0 Å². The van der Waals surface area contributed by atoms with Crippen LogP contribution in [0.4, 0.5) is 0 Å². The average Bonchev–Trinajstić information content (AvgIpc) is 2.03. The maximum absolute atomic E-state index is 10.6. The molecule has 0 aromatic rings. The standard InChI is InChI=1S/C10H18O2/c1-4-5-6-7-8(2)9(3)10(11)12/h4-5,8-9H,6-7H2,1-3H3,(H,11,12)/b5-4+. The molecular weight excluding hydrogens is 152 g/mol. The Morgan fingerprint density at radius 1 is 1.50 bits per heavy atom. The maximum Gasteiger partial charge on any atom is 0.306 e. The second-order valence-electron chi connectivity index (χ2n) is 3.25. The Hall–Kier alpha value is -0.790. The zero-order valence-electron chi connectivity index (χ0n) is 8.08. The van der Waals surface area contributed by atoms with Crippen molar-refractivity contribution >= 4 is 5.97 Å². The van der Waals surface area contributed by atoms with Gasteiger partial charge in [-0.2, -0.15) is 0 Å². The van der Waals surface area contributed by atoms with Crippen LogP contribution in [0.5, 0.6) is 0 Å². The first-order chi connectivity index (χ1) is 5.59. The lowest BCUT2D eigenvalue weighted by Gasteiger charge is -2.14. The number of rotatable bonds is 5. The van der Waals surface area contributed by atoms with E-state index in [1.807, 2.05) is 19.9 Å². The van der Waals surface area contributed by atoms with Crippen LogP contribution in [0, 0.1) is 11.8 Å². The number of aliphatic carboxylic acids is 1. The van der Waals surface area contributed by atoms with Crippen LogP contribution in [0.3, 0.4) is 0 Å². The Morgan fingerprint density at radius 3 is 2.50 bits per heavy atom. The molecule has 2 nitrogen and oxygen atoms in total. The third kappa shape index (κ3) is 4.16. The third-order valence-electron chi connectivity index (χ3n) is 2.27. The zero-order valence-corrected chi connectivity index (χ0v) is 8.08. The van der Waals surface area contributed by atoms with E-state index in [0.717, 1.165) is 12.8 Å². The van der Waals surface area contributed by atoms with Crippen molar-refractivity contribution in [1.82, 2.24) is 0 Å². The molecule has 0 bridgehead atoms. The fraction of sp³-hybridized carbons (Fsp3) is 0.700. The predicted octanol–water partition coefficient (Wildman–Crippen LogP) is 2.70. The van der Waals surface area contributed by atoms with E-state index in [4.69, 9.17) is 5.11 Å².